The lowest BCUT2D eigenvalue weighted by atomic mass is 10.2. The summed E-state index contributed by atoms with van der Waals surface area (Å²) in [5.74, 6) is 0.652. The highest BCUT2D eigenvalue weighted by molar-refractivity contribution is 5.93. The van der Waals surface area contributed by atoms with Crippen LogP contribution in [0.2, 0.25) is 0 Å². The molecule has 76 valence electrons. The van der Waals surface area contributed by atoms with Gasteiger partial charge in [-0.2, -0.15) is 0 Å². The van der Waals surface area contributed by atoms with Gasteiger partial charge in [-0.1, -0.05) is 23.3 Å². The number of hydrogen-bond donors (Lipinski definition) is 1. The second-order valence-electron chi connectivity index (χ2n) is 2.65. The van der Waals surface area contributed by atoms with Crippen molar-refractivity contribution in [2.75, 3.05) is 7.05 Å². The van der Waals surface area contributed by atoms with Gasteiger partial charge in [-0.05, 0) is 19.1 Å². The van der Waals surface area contributed by atoms with Gasteiger partial charge in [-0.3, -0.25) is 5.73 Å². The van der Waals surface area contributed by atoms with Crippen molar-refractivity contribution < 1.29 is 28.7 Å². The maximum atomic E-state index is 5.85. The topological polar surface area (TPSA) is 41.4 Å². The Labute approximate surface area is 101 Å². The first-order chi connectivity index (χ1) is 6.25. The van der Waals surface area contributed by atoms with Crippen molar-refractivity contribution in [1.29, 1.82) is 0 Å². The summed E-state index contributed by atoms with van der Waals surface area (Å²) >= 11 is 0. The Balaban J connectivity index is 0.00000169. The molecule has 0 aliphatic heterocycles. The molecule has 0 aliphatic carbocycles. The SMILES string of the molecule is C/C=N/[N+](C)=C(\N)c1ccccc1.[I-]. The van der Waals surface area contributed by atoms with Gasteiger partial charge in [0.1, 0.15) is 7.05 Å². The number of nitrogens with zero attached hydrogens (tertiary/aromatic N) is 2. The van der Waals surface area contributed by atoms with Crippen molar-refractivity contribution in [3.05, 3.63) is 35.9 Å². The van der Waals surface area contributed by atoms with Gasteiger partial charge in [0.15, 0.2) is 0 Å². The summed E-state index contributed by atoms with van der Waals surface area (Å²) in [5.41, 5.74) is 6.84. The van der Waals surface area contributed by atoms with E-state index in [0.29, 0.717) is 5.84 Å². The molecule has 1 aromatic rings. The first-order valence-electron chi connectivity index (χ1n) is 4.16. The minimum absolute atomic E-state index is 0. The molecule has 1 aromatic carbocycles. The molecule has 0 aliphatic rings. The molecule has 2 N–H and O–H groups in total. The third kappa shape index (κ3) is 3.45. The van der Waals surface area contributed by atoms with E-state index >= 15 is 0 Å². The average molecular weight is 303 g/mol. The van der Waals surface area contributed by atoms with Crippen molar-refractivity contribution in [2.24, 2.45) is 10.8 Å². The smallest absolute Gasteiger partial charge is 0.300 e. The monoisotopic (exact) mass is 303 g/mol. The Morgan fingerprint density at radius 3 is 2.43 bits per heavy atom. The number of nitrogens with two attached hydrogens (primary N) is 1. The fourth-order valence-electron chi connectivity index (χ4n) is 1.03. The highest BCUT2D eigenvalue weighted by Gasteiger charge is 2.05. The Kier molecular flexibility index (Phi) is 6.11. The number of rotatable bonds is 2. The van der Waals surface area contributed by atoms with E-state index in [1.807, 2.05) is 44.3 Å². The molecule has 3 nitrogen and oxygen atoms in total. The van der Waals surface area contributed by atoms with Crippen LogP contribution in [0.25, 0.3) is 0 Å². The maximum Gasteiger partial charge on any atom is 0.300 e. The molecule has 0 amide bonds. The number of hydrogen-bond acceptors (Lipinski definition) is 1. The Hall–Kier alpha value is -0.910. The van der Waals surface area contributed by atoms with E-state index in [4.69, 9.17) is 5.73 Å². The Bertz CT molecular complexity index is 330. The molecule has 0 heterocycles. The molecule has 0 atom stereocenters. The quantitative estimate of drug-likeness (QED) is 0.223. The molecule has 4 heteroatoms. The summed E-state index contributed by atoms with van der Waals surface area (Å²) in [5, 5.41) is 4.05. The molecule has 0 radical (unpaired) electrons. The van der Waals surface area contributed by atoms with Crippen LogP contribution in [-0.2, 0) is 0 Å². The summed E-state index contributed by atoms with van der Waals surface area (Å²) in [6, 6.07) is 9.77. The van der Waals surface area contributed by atoms with Crippen molar-refractivity contribution in [2.45, 2.75) is 6.92 Å². The summed E-state index contributed by atoms with van der Waals surface area (Å²) in [7, 11) is 1.82. The Morgan fingerprint density at radius 2 is 1.93 bits per heavy atom. The van der Waals surface area contributed by atoms with Crippen LogP contribution in [0.4, 0.5) is 0 Å². The van der Waals surface area contributed by atoms with Crippen LogP contribution >= 0.6 is 0 Å². The standard InChI is InChI=1S/C10H13N3.HI/c1-3-12-13(2)10(11)9-7-5-4-6-8-9;/h3-8,11H,1-2H3;1H/b12-3+;. The fourth-order valence-corrected chi connectivity index (χ4v) is 1.03. The van der Waals surface area contributed by atoms with Gasteiger partial charge in [0.05, 0.1) is 5.56 Å². The van der Waals surface area contributed by atoms with Crippen LogP contribution < -0.4 is 29.7 Å². The van der Waals surface area contributed by atoms with E-state index < -0.39 is 0 Å². The average Bonchev–Trinajstić information content (AvgIpc) is 2.18. The van der Waals surface area contributed by atoms with Gasteiger partial charge >= 0.3 is 0 Å². The van der Waals surface area contributed by atoms with E-state index in [-0.39, 0.29) is 24.0 Å². The number of amidine groups is 1. The number of halogens is 1. The number of hydrazone groups is 1. The first kappa shape index (κ1) is 13.1. The minimum atomic E-state index is 0. The van der Waals surface area contributed by atoms with Crippen molar-refractivity contribution in [3.63, 3.8) is 0 Å². The van der Waals surface area contributed by atoms with E-state index in [1.165, 1.54) is 0 Å². The molecule has 0 aromatic heterocycles. The molecule has 14 heavy (non-hydrogen) atoms. The molecular formula is C10H14IN3. The van der Waals surface area contributed by atoms with Gasteiger partial charge in [0, 0.05) is 6.21 Å². The van der Waals surface area contributed by atoms with E-state index in [0.717, 1.165) is 5.56 Å². The van der Waals surface area contributed by atoms with Crippen LogP contribution in [0.5, 0.6) is 0 Å². The lowest BCUT2D eigenvalue weighted by Crippen LogP contribution is -3.00. The summed E-state index contributed by atoms with van der Waals surface area (Å²) in [6.45, 7) is 1.86. The van der Waals surface area contributed by atoms with Crippen molar-refractivity contribution >= 4 is 12.1 Å². The van der Waals surface area contributed by atoms with Crippen molar-refractivity contribution in [1.82, 2.24) is 0 Å². The summed E-state index contributed by atoms with van der Waals surface area (Å²) in [6.07, 6.45) is 1.70. The van der Waals surface area contributed by atoms with Gasteiger partial charge in [-0.15, -0.1) is 4.68 Å². The second-order valence-corrected chi connectivity index (χ2v) is 2.65. The van der Waals surface area contributed by atoms with Crippen LogP contribution in [0.15, 0.2) is 35.4 Å². The van der Waals surface area contributed by atoms with Crippen LogP contribution in [-0.4, -0.2) is 23.8 Å². The molecule has 1 rings (SSSR count). The van der Waals surface area contributed by atoms with Gasteiger partial charge in [0.2, 0.25) is 0 Å². The molecular weight excluding hydrogens is 289 g/mol. The van der Waals surface area contributed by atoms with E-state index in [2.05, 4.69) is 5.10 Å². The molecule has 0 bridgehead atoms. The first-order valence-corrected chi connectivity index (χ1v) is 4.16. The normalized spacial score (nSPS) is 12.1. The van der Waals surface area contributed by atoms with Crippen LogP contribution in [0.3, 0.4) is 0 Å². The predicted octanol–water partition coefficient (Wildman–Crippen LogP) is -1.96. The second kappa shape index (κ2) is 6.53. The molecule has 0 unspecified atom stereocenters. The summed E-state index contributed by atoms with van der Waals surface area (Å²) < 4.78 is 1.65. The fraction of sp³-hybridized carbons (Fsp3) is 0.200. The lowest BCUT2D eigenvalue weighted by molar-refractivity contribution is -0.502. The predicted molar refractivity (Wildman–Crippen MR) is 55.1 cm³/mol. The minimum Gasteiger partial charge on any atom is -1.00 e. The van der Waals surface area contributed by atoms with E-state index in [1.54, 1.807) is 10.9 Å². The molecule has 0 saturated heterocycles. The zero-order valence-electron chi connectivity index (χ0n) is 8.31. The lowest BCUT2D eigenvalue weighted by Gasteiger charge is -1.96. The highest BCUT2D eigenvalue weighted by Crippen LogP contribution is 1.96. The van der Waals surface area contributed by atoms with Gasteiger partial charge < -0.3 is 24.0 Å². The molecule has 0 saturated carbocycles. The van der Waals surface area contributed by atoms with Gasteiger partial charge in [-0.25, -0.2) is 0 Å². The Morgan fingerprint density at radius 1 is 1.36 bits per heavy atom. The largest absolute Gasteiger partial charge is 1.00 e. The van der Waals surface area contributed by atoms with E-state index in [9.17, 15) is 0 Å². The third-order valence-corrected chi connectivity index (χ3v) is 1.71. The number of benzene rings is 1. The van der Waals surface area contributed by atoms with Crippen molar-refractivity contribution in [3.8, 4) is 0 Å². The maximum absolute atomic E-state index is 5.85. The zero-order chi connectivity index (χ0) is 9.68. The molecule has 0 fully saturated rings. The highest BCUT2D eigenvalue weighted by atomic mass is 127. The third-order valence-electron chi connectivity index (χ3n) is 1.71. The summed E-state index contributed by atoms with van der Waals surface area (Å²) in [4.78, 5) is 0. The van der Waals surface area contributed by atoms with Crippen LogP contribution in [0.1, 0.15) is 12.5 Å². The van der Waals surface area contributed by atoms with Gasteiger partial charge in [0.25, 0.3) is 5.84 Å². The van der Waals surface area contributed by atoms with Crippen LogP contribution in [0, 0.1) is 0 Å². The zero-order valence-corrected chi connectivity index (χ0v) is 10.5. The molecule has 0 spiro atoms.